The molecule has 3 heterocycles. The van der Waals surface area contributed by atoms with Crippen molar-refractivity contribution in [2.45, 2.75) is 32.1 Å². The van der Waals surface area contributed by atoms with Crippen molar-refractivity contribution in [3.8, 4) is 0 Å². The van der Waals surface area contributed by atoms with E-state index in [1.165, 1.54) is 64.8 Å². The molecule has 0 radical (unpaired) electrons. The van der Waals surface area contributed by atoms with Crippen LogP contribution in [0.25, 0.3) is 0 Å². The Bertz CT molecular complexity index is 365. The molecule has 0 amide bonds. The van der Waals surface area contributed by atoms with E-state index in [1.54, 1.807) is 0 Å². The lowest BCUT2D eigenvalue weighted by atomic mass is 9.95. The molecule has 3 rings (SSSR count). The van der Waals surface area contributed by atoms with Gasteiger partial charge in [-0.05, 0) is 56.8 Å². The van der Waals surface area contributed by atoms with Crippen molar-refractivity contribution in [3.05, 3.63) is 24.4 Å². The summed E-state index contributed by atoms with van der Waals surface area (Å²) in [4.78, 5) is 9.58. The molecule has 0 aliphatic carbocycles. The first-order valence-electron chi connectivity index (χ1n) is 7.80. The third kappa shape index (κ3) is 3.47. The normalized spacial score (nSPS) is 22.6. The summed E-state index contributed by atoms with van der Waals surface area (Å²) in [5.74, 6) is 2.05. The van der Waals surface area contributed by atoms with Crippen molar-refractivity contribution < 1.29 is 0 Å². The van der Waals surface area contributed by atoms with Gasteiger partial charge < -0.3 is 9.80 Å². The SMILES string of the molecule is c1ccc(N2CCC(CN3CCCCC3)CC2)nc1. The van der Waals surface area contributed by atoms with Crippen molar-refractivity contribution in [2.75, 3.05) is 37.6 Å². The molecular weight excluding hydrogens is 234 g/mol. The first-order chi connectivity index (χ1) is 9.42. The third-order valence-corrected chi connectivity index (χ3v) is 4.55. The Hall–Kier alpha value is -1.09. The largest absolute Gasteiger partial charge is 0.357 e. The lowest BCUT2D eigenvalue weighted by Crippen LogP contribution is -2.40. The van der Waals surface area contributed by atoms with Gasteiger partial charge in [0.05, 0.1) is 0 Å². The van der Waals surface area contributed by atoms with E-state index in [0.29, 0.717) is 0 Å². The Balaban J connectivity index is 1.46. The zero-order chi connectivity index (χ0) is 12.9. The second kappa shape index (κ2) is 6.38. The van der Waals surface area contributed by atoms with Crippen molar-refractivity contribution in [1.82, 2.24) is 9.88 Å². The molecule has 3 heteroatoms. The maximum absolute atomic E-state index is 4.46. The van der Waals surface area contributed by atoms with Crippen LogP contribution in [0.3, 0.4) is 0 Å². The van der Waals surface area contributed by atoms with Crippen LogP contribution in [-0.2, 0) is 0 Å². The summed E-state index contributed by atoms with van der Waals surface area (Å²) in [5, 5.41) is 0. The number of anilines is 1. The number of pyridine rings is 1. The fraction of sp³-hybridized carbons (Fsp3) is 0.688. The van der Waals surface area contributed by atoms with Crippen LogP contribution in [0, 0.1) is 5.92 Å². The lowest BCUT2D eigenvalue weighted by molar-refractivity contribution is 0.181. The molecule has 0 saturated carbocycles. The predicted octanol–water partition coefficient (Wildman–Crippen LogP) is 2.78. The van der Waals surface area contributed by atoms with Gasteiger partial charge in [0.15, 0.2) is 0 Å². The number of hydrogen-bond acceptors (Lipinski definition) is 3. The highest BCUT2D eigenvalue weighted by Crippen LogP contribution is 2.23. The number of piperidine rings is 2. The average molecular weight is 259 g/mol. The molecule has 19 heavy (non-hydrogen) atoms. The number of nitrogens with zero attached hydrogens (tertiary/aromatic N) is 3. The summed E-state index contributed by atoms with van der Waals surface area (Å²) >= 11 is 0. The highest BCUT2D eigenvalue weighted by molar-refractivity contribution is 5.37. The molecule has 0 bridgehead atoms. The summed E-state index contributed by atoms with van der Waals surface area (Å²) in [6, 6.07) is 6.21. The standard InChI is InChI=1S/C16H25N3/c1-4-10-18(11-5-1)14-15-7-12-19(13-8-15)16-6-2-3-9-17-16/h2-3,6,9,15H,1,4-5,7-8,10-14H2. The highest BCUT2D eigenvalue weighted by atomic mass is 15.2. The van der Waals surface area contributed by atoms with Gasteiger partial charge in [-0.2, -0.15) is 0 Å². The number of likely N-dealkylation sites (tertiary alicyclic amines) is 1. The van der Waals surface area contributed by atoms with Crippen LogP contribution >= 0.6 is 0 Å². The molecular formula is C16H25N3. The molecule has 104 valence electrons. The minimum atomic E-state index is 0.901. The Morgan fingerprint density at radius 3 is 2.47 bits per heavy atom. The van der Waals surface area contributed by atoms with E-state index >= 15 is 0 Å². The molecule has 3 nitrogen and oxygen atoms in total. The van der Waals surface area contributed by atoms with Gasteiger partial charge in [0.2, 0.25) is 0 Å². The highest BCUT2D eigenvalue weighted by Gasteiger charge is 2.22. The molecule has 0 spiro atoms. The number of hydrogen-bond donors (Lipinski definition) is 0. The van der Waals surface area contributed by atoms with Crippen LogP contribution < -0.4 is 4.90 Å². The topological polar surface area (TPSA) is 19.4 Å². The molecule has 2 saturated heterocycles. The zero-order valence-corrected chi connectivity index (χ0v) is 11.8. The van der Waals surface area contributed by atoms with Gasteiger partial charge in [-0.15, -0.1) is 0 Å². The van der Waals surface area contributed by atoms with Crippen LogP contribution in [0.15, 0.2) is 24.4 Å². The van der Waals surface area contributed by atoms with Gasteiger partial charge in [0, 0.05) is 25.8 Å². The molecule has 1 aromatic heterocycles. The molecule has 0 atom stereocenters. The Labute approximate surface area is 116 Å². The second-order valence-corrected chi connectivity index (χ2v) is 5.98. The maximum Gasteiger partial charge on any atom is 0.128 e. The molecule has 0 unspecified atom stereocenters. The van der Waals surface area contributed by atoms with Gasteiger partial charge in [-0.1, -0.05) is 12.5 Å². The van der Waals surface area contributed by atoms with Crippen LogP contribution in [0.1, 0.15) is 32.1 Å². The van der Waals surface area contributed by atoms with E-state index < -0.39 is 0 Å². The molecule has 2 aliphatic heterocycles. The fourth-order valence-corrected chi connectivity index (χ4v) is 3.39. The van der Waals surface area contributed by atoms with Crippen LogP contribution in [0.2, 0.25) is 0 Å². The Morgan fingerprint density at radius 1 is 1.00 bits per heavy atom. The van der Waals surface area contributed by atoms with Gasteiger partial charge in [-0.3, -0.25) is 0 Å². The monoisotopic (exact) mass is 259 g/mol. The quantitative estimate of drug-likeness (QED) is 0.832. The average Bonchev–Trinajstić information content (AvgIpc) is 2.50. The lowest BCUT2D eigenvalue weighted by Gasteiger charge is -2.36. The van der Waals surface area contributed by atoms with E-state index in [9.17, 15) is 0 Å². The molecule has 1 aromatic rings. The van der Waals surface area contributed by atoms with E-state index in [0.717, 1.165) is 11.7 Å². The zero-order valence-electron chi connectivity index (χ0n) is 11.8. The molecule has 2 fully saturated rings. The summed E-state index contributed by atoms with van der Waals surface area (Å²) in [7, 11) is 0. The van der Waals surface area contributed by atoms with Crippen LogP contribution in [0.5, 0.6) is 0 Å². The van der Waals surface area contributed by atoms with Crippen molar-refractivity contribution >= 4 is 5.82 Å². The van der Waals surface area contributed by atoms with Gasteiger partial charge in [0.25, 0.3) is 0 Å². The van der Waals surface area contributed by atoms with Gasteiger partial charge in [-0.25, -0.2) is 4.98 Å². The van der Waals surface area contributed by atoms with Crippen molar-refractivity contribution in [1.29, 1.82) is 0 Å². The fourth-order valence-electron chi connectivity index (χ4n) is 3.39. The Morgan fingerprint density at radius 2 is 1.79 bits per heavy atom. The Kier molecular flexibility index (Phi) is 4.34. The number of rotatable bonds is 3. The molecule has 0 aromatic carbocycles. The first-order valence-corrected chi connectivity index (χ1v) is 7.80. The van der Waals surface area contributed by atoms with E-state index in [4.69, 9.17) is 0 Å². The van der Waals surface area contributed by atoms with Crippen molar-refractivity contribution in [2.24, 2.45) is 5.92 Å². The second-order valence-electron chi connectivity index (χ2n) is 5.98. The van der Waals surface area contributed by atoms with E-state index in [1.807, 2.05) is 12.3 Å². The first kappa shape index (κ1) is 12.9. The maximum atomic E-state index is 4.46. The van der Waals surface area contributed by atoms with Crippen LogP contribution in [-0.4, -0.2) is 42.6 Å². The van der Waals surface area contributed by atoms with E-state index in [-0.39, 0.29) is 0 Å². The van der Waals surface area contributed by atoms with Crippen LogP contribution in [0.4, 0.5) is 5.82 Å². The summed E-state index contributed by atoms with van der Waals surface area (Å²) in [5.41, 5.74) is 0. The predicted molar refractivity (Wildman–Crippen MR) is 79.5 cm³/mol. The minimum Gasteiger partial charge on any atom is -0.357 e. The summed E-state index contributed by atoms with van der Waals surface area (Å²) in [6.45, 7) is 6.35. The number of aromatic nitrogens is 1. The van der Waals surface area contributed by atoms with E-state index in [2.05, 4.69) is 26.9 Å². The summed E-state index contributed by atoms with van der Waals surface area (Å²) in [6.07, 6.45) is 8.81. The molecule has 0 N–H and O–H groups in total. The molecule has 2 aliphatic rings. The smallest absolute Gasteiger partial charge is 0.128 e. The van der Waals surface area contributed by atoms with Crippen molar-refractivity contribution in [3.63, 3.8) is 0 Å². The van der Waals surface area contributed by atoms with Gasteiger partial charge in [0.1, 0.15) is 5.82 Å². The van der Waals surface area contributed by atoms with Gasteiger partial charge >= 0.3 is 0 Å². The third-order valence-electron chi connectivity index (χ3n) is 4.55. The summed E-state index contributed by atoms with van der Waals surface area (Å²) < 4.78 is 0. The minimum absolute atomic E-state index is 0.901.